The van der Waals surface area contributed by atoms with Gasteiger partial charge in [0.25, 0.3) is 5.91 Å². The predicted molar refractivity (Wildman–Crippen MR) is 71.2 cm³/mol. The first-order chi connectivity index (χ1) is 9.04. The van der Waals surface area contributed by atoms with Gasteiger partial charge < -0.3 is 10.7 Å². The first-order valence-corrected chi connectivity index (χ1v) is 7.67. The second-order valence-corrected chi connectivity index (χ2v) is 6.79. The molecule has 1 atom stereocenters. The van der Waals surface area contributed by atoms with E-state index in [-0.39, 0.29) is 24.0 Å². The lowest BCUT2D eigenvalue weighted by Crippen LogP contribution is -2.35. The minimum absolute atomic E-state index is 0.125. The van der Waals surface area contributed by atoms with Crippen molar-refractivity contribution in [3.05, 3.63) is 23.9 Å². The molecule has 4 N–H and O–H groups in total. The number of amides is 1. The van der Waals surface area contributed by atoms with Crippen LogP contribution in [-0.2, 0) is 9.84 Å². The van der Waals surface area contributed by atoms with Crippen LogP contribution in [0.1, 0.15) is 23.2 Å². The van der Waals surface area contributed by atoms with Crippen molar-refractivity contribution in [3.8, 4) is 0 Å². The number of hydrazine groups is 1. The van der Waals surface area contributed by atoms with Gasteiger partial charge in [0.15, 0.2) is 15.7 Å². The normalized spacial score (nSPS) is 21.0. The summed E-state index contributed by atoms with van der Waals surface area (Å²) in [6, 6.07) is 3.18. The second-order valence-electron chi connectivity index (χ2n) is 4.39. The lowest BCUT2D eigenvalue weighted by molar-refractivity contribution is 0.0954. The minimum atomic E-state index is -3.05. The molecular formula is C11H16N4O3S. The van der Waals surface area contributed by atoms with Gasteiger partial charge in [0.05, 0.1) is 16.6 Å². The molecule has 0 spiro atoms. The van der Waals surface area contributed by atoms with Gasteiger partial charge in [-0.1, -0.05) is 0 Å². The Balaban J connectivity index is 2.02. The van der Waals surface area contributed by atoms with Crippen LogP contribution in [0, 0.1) is 0 Å². The van der Waals surface area contributed by atoms with Crippen LogP contribution < -0.4 is 16.6 Å². The molecule has 0 aromatic carbocycles. The number of sulfone groups is 1. The first-order valence-electron chi connectivity index (χ1n) is 5.96. The van der Waals surface area contributed by atoms with Crippen molar-refractivity contribution < 1.29 is 13.2 Å². The molecule has 0 radical (unpaired) electrons. The summed E-state index contributed by atoms with van der Waals surface area (Å²) in [4.78, 5) is 15.9. The van der Waals surface area contributed by atoms with Crippen LogP contribution >= 0.6 is 0 Å². The number of carbonyl (C=O) groups is 1. The molecule has 104 valence electrons. The van der Waals surface area contributed by atoms with E-state index in [1.165, 1.54) is 6.20 Å². The molecule has 19 heavy (non-hydrogen) atoms. The Morgan fingerprint density at radius 1 is 1.53 bits per heavy atom. The molecule has 1 saturated heterocycles. The van der Waals surface area contributed by atoms with Gasteiger partial charge in [-0.25, -0.2) is 19.2 Å². The largest absolute Gasteiger partial charge is 0.351 e. The maximum absolute atomic E-state index is 12.0. The van der Waals surface area contributed by atoms with Gasteiger partial charge in [-0.05, 0) is 25.0 Å². The summed E-state index contributed by atoms with van der Waals surface area (Å²) in [7, 11) is -3.05. The van der Waals surface area contributed by atoms with Crippen LogP contribution in [0.25, 0.3) is 0 Å². The molecule has 0 saturated carbocycles. The van der Waals surface area contributed by atoms with Gasteiger partial charge in [-0.2, -0.15) is 0 Å². The van der Waals surface area contributed by atoms with Crippen LogP contribution in [-0.4, -0.2) is 36.9 Å². The number of hydrogen-bond donors (Lipinski definition) is 3. The number of nitrogens with zero attached hydrogens (tertiary/aromatic N) is 1. The molecule has 2 rings (SSSR count). The van der Waals surface area contributed by atoms with Crippen molar-refractivity contribution >= 4 is 21.6 Å². The number of nitrogens with two attached hydrogens (primary N) is 1. The number of nitrogen functional groups attached to an aromatic ring is 1. The lowest BCUT2D eigenvalue weighted by atomic mass is 10.2. The first kappa shape index (κ1) is 13.8. The Labute approximate surface area is 111 Å². The molecule has 1 aliphatic heterocycles. The Morgan fingerprint density at radius 3 is 2.95 bits per heavy atom. The second kappa shape index (κ2) is 5.54. The summed E-state index contributed by atoms with van der Waals surface area (Å²) in [6.45, 7) is 0.125. The third-order valence-electron chi connectivity index (χ3n) is 3.14. The molecule has 2 heterocycles. The average Bonchev–Trinajstić information content (AvgIpc) is 2.75. The van der Waals surface area contributed by atoms with Gasteiger partial charge in [-0.3, -0.25) is 4.79 Å². The van der Waals surface area contributed by atoms with Crippen molar-refractivity contribution in [2.24, 2.45) is 5.84 Å². The van der Waals surface area contributed by atoms with E-state index < -0.39 is 15.1 Å². The number of pyridine rings is 1. The van der Waals surface area contributed by atoms with Crippen molar-refractivity contribution in [1.29, 1.82) is 0 Å². The van der Waals surface area contributed by atoms with Crippen molar-refractivity contribution in [3.63, 3.8) is 0 Å². The van der Waals surface area contributed by atoms with Gasteiger partial charge in [-0.15, -0.1) is 0 Å². The van der Waals surface area contributed by atoms with Crippen LogP contribution in [0.3, 0.4) is 0 Å². The van der Waals surface area contributed by atoms with E-state index in [2.05, 4.69) is 15.7 Å². The van der Waals surface area contributed by atoms with E-state index in [4.69, 9.17) is 5.84 Å². The fourth-order valence-corrected chi connectivity index (χ4v) is 3.86. The van der Waals surface area contributed by atoms with Gasteiger partial charge in [0, 0.05) is 12.7 Å². The summed E-state index contributed by atoms with van der Waals surface area (Å²) in [5, 5.41) is 2.13. The topological polar surface area (TPSA) is 114 Å². The molecule has 0 bridgehead atoms. The molecule has 1 aromatic rings. The molecule has 1 fully saturated rings. The summed E-state index contributed by atoms with van der Waals surface area (Å²) in [5.41, 5.74) is 2.62. The summed E-state index contributed by atoms with van der Waals surface area (Å²) < 4.78 is 23.3. The fraction of sp³-hybridized carbons (Fsp3) is 0.455. The molecule has 1 amide bonds. The predicted octanol–water partition coefficient (Wildman–Crippen LogP) is -0.326. The van der Waals surface area contributed by atoms with E-state index >= 15 is 0 Å². The molecule has 1 unspecified atom stereocenters. The number of carbonyl (C=O) groups excluding carboxylic acids is 1. The Morgan fingerprint density at radius 2 is 2.32 bits per heavy atom. The smallest absolute Gasteiger partial charge is 0.255 e. The number of hydrogen-bond acceptors (Lipinski definition) is 6. The highest BCUT2D eigenvalue weighted by Gasteiger charge is 2.31. The maximum atomic E-state index is 12.0. The van der Waals surface area contributed by atoms with Crippen molar-refractivity contribution in [2.45, 2.75) is 18.1 Å². The summed E-state index contributed by atoms with van der Waals surface area (Å²) in [6.07, 6.45) is 2.76. The van der Waals surface area contributed by atoms with Gasteiger partial charge in [0.2, 0.25) is 0 Å². The van der Waals surface area contributed by atoms with Crippen molar-refractivity contribution in [2.75, 3.05) is 17.7 Å². The van der Waals surface area contributed by atoms with Crippen molar-refractivity contribution in [1.82, 2.24) is 10.3 Å². The zero-order valence-corrected chi connectivity index (χ0v) is 11.1. The Bertz CT molecular complexity index is 573. The van der Waals surface area contributed by atoms with Gasteiger partial charge >= 0.3 is 0 Å². The van der Waals surface area contributed by atoms with Crippen LogP contribution in [0.4, 0.5) is 5.82 Å². The average molecular weight is 284 g/mol. The highest BCUT2D eigenvalue weighted by molar-refractivity contribution is 7.92. The molecule has 1 aliphatic rings. The standard InChI is InChI=1S/C11H16N4O3S/c12-15-10-9(4-1-5-13-10)11(16)14-7-8-3-2-6-19(8,17)18/h1,4-5,8H,2-3,6-7,12H2,(H,13,15)(H,14,16). The summed E-state index contributed by atoms with van der Waals surface area (Å²) >= 11 is 0. The third kappa shape index (κ3) is 3.02. The Hall–Kier alpha value is -1.67. The molecule has 1 aromatic heterocycles. The zero-order chi connectivity index (χ0) is 13.9. The summed E-state index contributed by atoms with van der Waals surface area (Å²) in [5.74, 6) is 5.34. The van der Waals surface area contributed by atoms with E-state index in [1.807, 2.05) is 0 Å². The number of anilines is 1. The van der Waals surface area contributed by atoms with Gasteiger partial charge in [0.1, 0.15) is 0 Å². The highest BCUT2D eigenvalue weighted by atomic mass is 32.2. The quantitative estimate of drug-likeness (QED) is 0.515. The SMILES string of the molecule is NNc1ncccc1C(=O)NCC1CCCS1(=O)=O. The van der Waals surface area contributed by atoms with Crippen LogP contribution in [0.2, 0.25) is 0 Å². The van der Waals surface area contributed by atoms with E-state index in [0.29, 0.717) is 18.4 Å². The third-order valence-corrected chi connectivity index (χ3v) is 5.42. The monoisotopic (exact) mass is 284 g/mol. The Kier molecular flexibility index (Phi) is 4.01. The number of aromatic nitrogens is 1. The van der Waals surface area contributed by atoms with E-state index in [1.54, 1.807) is 12.1 Å². The highest BCUT2D eigenvalue weighted by Crippen LogP contribution is 2.19. The number of rotatable bonds is 4. The lowest BCUT2D eigenvalue weighted by Gasteiger charge is -2.12. The maximum Gasteiger partial charge on any atom is 0.255 e. The van der Waals surface area contributed by atoms with Crippen LogP contribution in [0.5, 0.6) is 0 Å². The number of nitrogens with one attached hydrogen (secondary N) is 2. The van der Waals surface area contributed by atoms with Crippen LogP contribution in [0.15, 0.2) is 18.3 Å². The molecule has 0 aliphatic carbocycles. The molecular weight excluding hydrogens is 268 g/mol. The van der Waals surface area contributed by atoms with E-state index in [0.717, 1.165) is 0 Å². The van der Waals surface area contributed by atoms with E-state index in [9.17, 15) is 13.2 Å². The molecule has 8 heteroatoms. The zero-order valence-electron chi connectivity index (χ0n) is 10.3. The fourth-order valence-electron chi connectivity index (χ4n) is 2.09. The minimum Gasteiger partial charge on any atom is -0.351 e. The molecule has 7 nitrogen and oxygen atoms in total.